The summed E-state index contributed by atoms with van der Waals surface area (Å²) < 4.78 is 0. The Hall–Kier alpha value is -1.02. The third-order valence-electron chi connectivity index (χ3n) is 3.20. The number of nitrogens with one attached hydrogen (secondary N) is 1. The van der Waals surface area contributed by atoms with Gasteiger partial charge in [0, 0.05) is 18.3 Å². The summed E-state index contributed by atoms with van der Waals surface area (Å²) >= 11 is 0. The first-order valence-corrected chi connectivity index (χ1v) is 5.86. The van der Waals surface area contributed by atoms with Crippen LogP contribution in [0.5, 0.6) is 0 Å². The Labute approximate surface area is 91.9 Å². The van der Waals surface area contributed by atoms with E-state index in [-0.39, 0.29) is 0 Å². The van der Waals surface area contributed by atoms with Gasteiger partial charge in [0.05, 0.1) is 0 Å². The van der Waals surface area contributed by atoms with Crippen LogP contribution in [0.25, 0.3) is 0 Å². The van der Waals surface area contributed by atoms with Crippen LogP contribution < -0.4 is 11.1 Å². The number of hydrogen-bond acceptors (Lipinski definition) is 2. The van der Waals surface area contributed by atoms with Gasteiger partial charge in [-0.1, -0.05) is 25.0 Å². The lowest BCUT2D eigenvalue weighted by molar-refractivity contribution is 0.753. The average molecular weight is 204 g/mol. The van der Waals surface area contributed by atoms with E-state index in [1.165, 1.54) is 42.5 Å². The van der Waals surface area contributed by atoms with E-state index in [0.717, 1.165) is 0 Å². The smallest absolute Gasteiger partial charge is 0.0390 e. The number of aryl methyl sites for hydroxylation is 1. The molecule has 2 heteroatoms. The van der Waals surface area contributed by atoms with E-state index in [0.29, 0.717) is 12.6 Å². The molecule has 0 aliphatic heterocycles. The van der Waals surface area contributed by atoms with Crippen molar-refractivity contribution in [3.05, 3.63) is 29.3 Å². The second-order valence-corrected chi connectivity index (χ2v) is 4.49. The molecule has 1 fully saturated rings. The molecule has 1 aromatic carbocycles. The molecule has 0 heterocycles. The van der Waals surface area contributed by atoms with E-state index in [1.807, 2.05) is 0 Å². The fraction of sp³-hybridized carbons (Fsp3) is 0.538. The molecular formula is C13H20N2. The third kappa shape index (κ3) is 2.51. The van der Waals surface area contributed by atoms with E-state index in [9.17, 15) is 0 Å². The van der Waals surface area contributed by atoms with Crippen molar-refractivity contribution in [1.29, 1.82) is 0 Å². The van der Waals surface area contributed by atoms with E-state index < -0.39 is 0 Å². The molecule has 15 heavy (non-hydrogen) atoms. The van der Waals surface area contributed by atoms with Crippen molar-refractivity contribution in [3.8, 4) is 0 Å². The highest BCUT2D eigenvalue weighted by Crippen LogP contribution is 2.25. The monoisotopic (exact) mass is 204 g/mol. The normalized spacial score (nSPS) is 16.9. The summed E-state index contributed by atoms with van der Waals surface area (Å²) in [5.41, 5.74) is 9.50. The van der Waals surface area contributed by atoms with Gasteiger partial charge < -0.3 is 11.1 Å². The minimum Gasteiger partial charge on any atom is -0.382 e. The molecular weight excluding hydrogens is 184 g/mol. The topological polar surface area (TPSA) is 38.0 Å². The quantitative estimate of drug-likeness (QED) is 0.794. The molecule has 1 saturated carbocycles. The highest BCUT2D eigenvalue weighted by atomic mass is 14.9. The van der Waals surface area contributed by atoms with E-state index in [1.54, 1.807) is 0 Å². The first-order chi connectivity index (χ1) is 7.29. The lowest BCUT2D eigenvalue weighted by Gasteiger charge is -2.17. The molecule has 3 N–H and O–H groups in total. The molecule has 0 bridgehead atoms. The van der Waals surface area contributed by atoms with Crippen LogP contribution >= 0.6 is 0 Å². The summed E-state index contributed by atoms with van der Waals surface area (Å²) in [6, 6.07) is 7.13. The second kappa shape index (κ2) is 4.67. The largest absolute Gasteiger partial charge is 0.382 e. The molecule has 2 rings (SSSR count). The zero-order valence-electron chi connectivity index (χ0n) is 9.42. The minimum absolute atomic E-state index is 0.620. The maximum Gasteiger partial charge on any atom is 0.0390 e. The summed E-state index contributed by atoms with van der Waals surface area (Å²) in [6.07, 6.45) is 5.33. The van der Waals surface area contributed by atoms with Crippen LogP contribution in [0, 0.1) is 6.92 Å². The van der Waals surface area contributed by atoms with Gasteiger partial charge in [-0.05, 0) is 37.0 Å². The highest BCUT2D eigenvalue weighted by Gasteiger charge is 2.15. The van der Waals surface area contributed by atoms with Gasteiger partial charge in [-0.3, -0.25) is 0 Å². The standard InChI is InChI=1S/C13H20N2/c1-10-6-7-11(9-14)13(8-10)15-12-4-2-3-5-12/h6-8,12,15H,2-5,9,14H2,1H3. The van der Waals surface area contributed by atoms with Crippen LogP contribution in [-0.2, 0) is 6.54 Å². The fourth-order valence-corrected chi connectivity index (χ4v) is 2.29. The van der Waals surface area contributed by atoms with Gasteiger partial charge in [0.2, 0.25) is 0 Å². The first-order valence-electron chi connectivity index (χ1n) is 5.86. The van der Waals surface area contributed by atoms with E-state index in [4.69, 9.17) is 5.73 Å². The van der Waals surface area contributed by atoms with Gasteiger partial charge in [-0.25, -0.2) is 0 Å². The maximum absolute atomic E-state index is 5.73. The molecule has 0 atom stereocenters. The minimum atomic E-state index is 0.620. The Bertz CT molecular complexity index is 327. The average Bonchev–Trinajstić information content (AvgIpc) is 2.71. The molecule has 0 saturated heterocycles. The highest BCUT2D eigenvalue weighted by molar-refractivity contribution is 5.53. The van der Waals surface area contributed by atoms with Gasteiger partial charge >= 0.3 is 0 Å². The fourth-order valence-electron chi connectivity index (χ4n) is 2.29. The summed E-state index contributed by atoms with van der Waals surface area (Å²) in [4.78, 5) is 0. The molecule has 0 radical (unpaired) electrons. The number of anilines is 1. The molecule has 0 unspecified atom stereocenters. The summed E-state index contributed by atoms with van der Waals surface area (Å²) in [5.74, 6) is 0. The Kier molecular flexibility index (Phi) is 3.27. The van der Waals surface area contributed by atoms with Gasteiger partial charge in [0.1, 0.15) is 0 Å². The Morgan fingerprint density at radius 3 is 2.73 bits per heavy atom. The lowest BCUT2D eigenvalue weighted by atomic mass is 10.1. The van der Waals surface area contributed by atoms with Crippen molar-refractivity contribution in [1.82, 2.24) is 0 Å². The van der Waals surface area contributed by atoms with Crippen molar-refractivity contribution < 1.29 is 0 Å². The number of rotatable bonds is 3. The SMILES string of the molecule is Cc1ccc(CN)c(NC2CCCC2)c1. The van der Waals surface area contributed by atoms with Crippen molar-refractivity contribution in [2.45, 2.75) is 45.2 Å². The lowest BCUT2D eigenvalue weighted by Crippen LogP contribution is -2.16. The second-order valence-electron chi connectivity index (χ2n) is 4.49. The van der Waals surface area contributed by atoms with Crippen LogP contribution in [0.3, 0.4) is 0 Å². The van der Waals surface area contributed by atoms with Crippen LogP contribution in [0.15, 0.2) is 18.2 Å². The summed E-state index contributed by atoms with van der Waals surface area (Å²) in [5, 5.41) is 3.62. The molecule has 0 spiro atoms. The molecule has 0 aromatic heterocycles. The van der Waals surface area contributed by atoms with Gasteiger partial charge in [0.25, 0.3) is 0 Å². The molecule has 82 valence electrons. The Morgan fingerprint density at radius 1 is 1.33 bits per heavy atom. The number of hydrogen-bond donors (Lipinski definition) is 2. The van der Waals surface area contributed by atoms with Gasteiger partial charge in [-0.15, -0.1) is 0 Å². The van der Waals surface area contributed by atoms with Crippen molar-refractivity contribution in [2.75, 3.05) is 5.32 Å². The number of benzene rings is 1. The van der Waals surface area contributed by atoms with Crippen molar-refractivity contribution >= 4 is 5.69 Å². The van der Waals surface area contributed by atoms with Crippen LogP contribution in [0.1, 0.15) is 36.8 Å². The summed E-state index contributed by atoms with van der Waals surface area (Å²) in [6.45, 7) is 2.75. The zero-order chi connectivity index (χ0) is 10.7. The Balaban J connectivity index is 2.14. The molecule has 1 aromatic rings. The summed E-state index contributed by atoms with van der Waals surface area (Å²) in [7, 11) is 0. The van der Waals surface area contributed by atoms with Gasteiger partial charge in [-0.2, -0.15) is 0 Å². The van der Waals surface area contributed by atoms with Gasteiger partial charge in [0.15, 0.2) is 0 Å². The third-order valence-corrected chi connectivity index (χ3v) is 3.20. The molecule has 2 nitrogen and oxygen atoms in total. The van der Waals surface area contributed by atoms with E-state index >= 15 is 0 Å². The first kappa shape index (κ1) is 10.5. The Morgan fingerprint density at radius 2 is 2.07 bits per heavy atom. The van der Waals surface area contributed by atoms with Crippen LogP contribution in [0.2, 0.25) is 0 Å². The zero-order valence-corrected chi connectivity index (χ0v) is 9.42. The van der Waals surface area contributed by atoms with E-state index in [2.05, 4.69) is 30.4 Å². The maximum atomic E-state index is 5.73. The van der Waals surface area contributed by atoms with Crippen LogP contribution in [-0.4, -0.2) is 6.04 Å². The molecule has 1 aliphatic rings. The number of nitrogens with two attached hydrogens (primary N) is 1. The van der Waals surface area contributed by atoms with Crippen LogP contribution in [0.4, 0.5) is 5.69 Å². The van der Waals surface area contributed by atoms with Crippen molar-refractivity contribution in [2.24, 2.45) is 5.73 Å². The van der Waals surface area contributed by atoms with Crippen molar-refractivity contribution in [3.63, 3.8) is 0 Å². The predicted octanol–water partition coefficient (Wildman–Crippen LogP) is 2.81. The molecule has 1 aliphatic carbocycles. The predicted molar refractivity (Wildman–Crippen MR) is 64.9 cm³/mol. The molecule has 0 amide bonds.